The van der Waals surface area contributed by atoms with Gasteiger partial charge in [0.05, 0.1) is 12.5 Å². The summed E-state index contributed by atoms with van der Waals surface area (Å²) in [6, 6.07) is 0. The third kappa shape index (κ3) is 1.27. The van der Waals surface area contributed by atoms with Crippen molar-refractivity contribution in [3.05, 3.63) is 0 Å². The lowest BCUT2D eigenvalue weighted by Gasteiger charge is -2.07. The minimum Gasteiger partial charge on any atom is -0.395 e. The molecule has 1 rings (SSSR count). The van der Waals surface area contributed by atoms with E-state index in [1.165, 1.54) is 6.21 Å². The second kappa shape index (κ2) is 2.70. The van der Waals surface area contributed by atoms with E-state index in [-0.39, 0.29) is 12.5 Å². The smallest absolute Gasteiger partial charge is 0.258 e. The predicted octanol–water partition coefficient (Wildman–Crippen LogP) is -0.376. The normalized spacial score (nSPS) is 24.8. The third-order valence-electron chi connectivity index (χ3n) is 1.23. The zero-order valence-corrected chi connectivity index (χ0v) is 5.61. The summed E-state index contributed by atoms with van der Waals surface area (Å²) >= 11 is 0. The molecule has 0 saturated heterocycles. The minimum atomic E-state index is -0.524. The van der Waals surface area contributed by atoms with Gasteiger partial charge < -0.3 is 5.11 Å². The largest absolute Gasteiger partial charge is 0.395 e. The fourth-order valence-electron chi connectivity index (χ4n) is 0.658. The summed E-state index contributed by atoms with van der Waals surface area (Å²) in [4.78, 5) is 18.1. The van der Waals surface area contributed by atoms with E-state index < -0.39 is 5.92 Å². The molecule has 54 valence electrons. The molecule has 0 radical (unpaired) electrons. The molecule has 1 heterocycles. The molecule has 1 unspecified atom stereocenters. The van der Waals surface area contributed by atoms with Crippen molar-refractivity contribution in [2.75, 3.05) is 6.61 Å². The van der Waals surface area contributed by atoms with E-state index in [9.17, 15) is 4.79 Å². The SMILES string of the molecule is CC1=NC(=O)C(CO)C=N1. The van der Waals surface area contributed by atoms with Gasteiger partial charge in [0.1, 0.15) is 5.84 Å². The van der Waals surface area contributed by atoms with Crippen molar-refractivity contribution in [1.29, 1.82) is 0 Å². The molecule has 1 amide bonds. The number of rotatable bonds is 1. The van der Waals surface area contributed by atoms with Crippen molar-refractivity contribution in [3.63, 3.8) is 0 Å². The average Bonchev–Trinajstić information content (AvgIpc) is 1.88. The number of nitrogens with zero attached hydrogens (tertiary/aromatic N) is 2. The maximum absolute atomic E-state index is 10.8. The summed E-state index contributed by atoms with van der Waals surface area (Å²) in [7, 11) is 0. The molecule has 0 bridgehead atoms. The Kier molecular flexibility index (Phi) is 1.91. The van der Waals surface area contributed by atoms with Gasteiger partial charge in [-0.15, -0.1) is 0 Å². The van der Waals surface area contributed by atoms with Crippen LogP contribution in [0.2, 0.25) is 0 Å². The maximum atomic E-state index is 10.8. The Morgan fingerprint density at radius 2 is 2.50 bits per heavy atom. The first-order chi connectivity index (χ1) is 4.74. The van der Waals surface area contributed by atoms with Crippen molar-refractivity contribution in [2.45, 2.75) is 6.92 Å². The summed E-state index contributed by atoms with van der Waals surface area (Å²) in [5, 5.41) is 8.57. The van der Waals surface area contributed by atoms with E-state index in [2.05, 4.69) is 9.98 Å². The molecular weight excluding hydrogens is 132 g/mol. The number of carbonyl (C=O) groups excluding carboxylic acids is 1. The standard InChI is InChI=1S/C6H8N2O2/c1-4-7-2-5(3-9)6(10)8-4/h2,5,9H,3H2,1H3. The van der Waals surface area contributed by atoms with Crippen LogP contribution < -0.4 is 0 Å². The van der Waals surface area contributed by atoms with Gasteiger partial charge in [0, 0.05) is 6.21 Å². The van der Waals surface area contributed by atoms with Crippen LogP contribution in [0.4, 0.5) is 0 Å². The molecule has 1 atom stereocenters. The highest BCUT2D eigenvalue weighted by molar-refractivity contribution is 6.08. The topological polar surface area (TPSA) is 62.0 Å². The van der Waals surface area contributed by atoms with Gasteiger partial charge in [-0.05, 0) is 6.92 Å². The van der Waals surface area contributed by atoms with Crippen LogP contribution in [0.3, 0.4) is 0 Å². The fourth-order valence-corrected chi connectivity index (χ4v) is 0.658. The molecule has 10 heavy (non-hydrogen) atoms. The number of aliphatic imine (C=N–C) groups is 2. The van der Waals surface area contributed by atoms with Crippen LogP contribution in [-0.2, 0) is 4.79 Å². The number of aliphatic hydroxyl groups excluding tert-OH is 1. The maximum Gasteiger partial charge on any atom is 0.258 e. The first kappa shape index (κ1) is 7.08. The molecule has 0 fully saturated rings. The van der Waals surface area contributed by atoms with E-state index in [0.29, 0.717) is 5.84 Å². The van der Waals surface area contributed by atoms with Crippen LogP contribution in [0.25, 0.3) is 0 Å². The average molecular weight is 140 g/mol. The van der Waals surface area contributed by atoms with Gasteiger partial charge in [0.2, 0.25) is 0 Å². The Hall–Kier alpha value is -1.03. The van der Waals surface area contributed by atoms with Gasteiger partial charge in [-0.25, -0.2) is 4.99 Å². The summed E-state index contributed by atoms with van der Waals surface area (Å²) in [5.41, 5.74) is 0. The highest BCUT2D eigenvalue weighted by Crippen LogP contribution is 2.01. The molecule has 4 nitrogen and oxygen atoms in total. The van der Waals surface area contributed by atoms with Crippen molar-refractivity contribution < 1.29 is 9.90 Å². The second-order valence-electron chi connectivity index (χ2n) is 2.06. The molecular formula is C6H8N2O2. The Morgan fingerprint density at radius 1 is 1.80 bits per heavy atom. The summed E-state index contributed by atoms with van der Waals surface area (Å²) in [5.74, 6) is -0.381. The molecule has 1 aliphatic heterocycles. The van der Waals surface area contributed by atoms with Gasteiger partial charge in [0.15, 0.2) is 0 Å². The van der Waals surface area contributed by atoms with E-state index in [0.717, 1.165) is 0 Å². The summed E-state index contributed by atoms with van der Waals surface area (Å²) < 4.78 is 0. The highest BCUT2D eigenvalue weighted by Gasteiger charge is 2.17. The Morgan fingerprint density at radius 3 is 3.00 bits per heavy atom. The molecule has 0 aromatic carbocycles. The predicted molar refractivity (Wildman–Crippen MR) is 37.2 cm³/mol. The number of amides is 1. The lowest BCUT2D eigenvalue weighted by molar-refractivity contribution is -0.120. The Bertz CT molecular complexity index is 208. The molecule has 0 spiro atoms. The van der Waals surface area contributed by atoms with E-state index in [4.69, 9.17) is 5.11 Å². The fraction of sp³-hybridized carbons (Fsp3) is 0.500. The van der Waals surface area contributed by atoms with E-state index in [1.807, 2.05) is 0 Å². The molecule has 0 aromatic rings. The first-order valence-electron chi connectivity index (χ1n) is 2.98. The molecule has 1 N–H and O–H groups in total. The lowest BCUT2D eigenvalue weighted by Crippen LogP contribution is -2.22. The Labute approximate surface area is 58.3 Å². The van der Waals surface area contributed by atoms with Gasteiger partial charge in [-0.2, -0.15) is 4.99 Å². The first-order valence-corrected chi connectivity index (χ1v) is 2.98. The monoisotopic (exact) mass is 140 g/mol. The van der Waals surface area contributed by atoms with Crippen molar-refractivity contribution in [3.8, 4) is 0 Å². The molecule has 0 saturated carbocycles. The number of aliphatic hydroxyl groups is 1. The van der Waals surface area contributed by atoms with E-state index >= 15 is 0 Å². The van der Waals surface area contributed by atoms with Gasteiger partial charge in [-0.3, -0.25) is 4.79 Å². The van der Waals surface area contributed by atoms with Crippen LogP contribution in [0, 0.1) is 5.92 Å². The van der Waals surface area contributed by atoms with Crippen LogP contribution in [-0.4, -0.2) is 29.7 Å². The second-order valence-corrected chi connectivity index (χ2v) is 2.06. The molecule has 1 aliphatic rings. The highest BCUT2D eigenvalue weighted by atomic mass is 16.3. The number of amidine groups is 1. The quantitative estimate of drug-likeness (QED) is 0.539. The minimum absolute atomic E-state index is 0.209. The molecule has 0 aromatic heterocycles. The van der Waals surface area contributed by atoms with Gasteiger partial charge in [0.25, 0.3) is 5.91 Å². The van der Waals surface area contributed by atoms with Crippen LogP contribution in [0.5, 0.6) is 0 Å². The Balaban J connectivity index is 2.74. The van der Waals surface area contributed by atoms with E-state index in [1.54, 1.807) is 6.92 Å². The van der Waals surface area contributed by atoms with Crippen molar-refractivity contribution >= 4 is 18.0 Å². The number of hydrogen-bond acceptors (Lipinski definition) is 3. The third-order valence-corrected chi connectivity index (χ3v) is 1.23. The zero-order valence-electron chi connectivity index (χ0n) is 5.61. The van der Waals surface area contributed by atoms with Crippen LogP contribution in [0.1, 0.15) is 6.92 Å². The van der Waals surface area contributed by atoms with Gasteiger partial charge >= 0.3 is 0 Å². The summed E-state index contributed by atoms with van der Waals surface area (Å²) in [6.07, 6.45) is 1.42. The van der Waals surface area contributed by atoms with Crippen LogP contribution >= 0.6 is 0 Å². The van der Waals surface area contributed by atoms with Crippen LogP contribution in [0.15, 0.2) is 9.98 Å². The van der Waals surface area contributed by atoms with Crippen molar-refractivity contribution in [2.24, 2.45) is 15.9 Å². The number of hydrogen-bond donors (Lipinski definition) is 1. The van der Waals surface area contributed by atoms with Crippen molar-refractivity contribution in [1.82, 2.24) is 0 Å². The summed E-state index contributed by atoms with van der Waals surface area (Å²) in [6.45, 7) is 1.43. The number of carbonyl (C=O) groups is 1. The molecule has 0 aliphatic carbocycles. The van der Waals surface area contributed by atoms with Gasteiger partial charge in [-0.1, -0.05) is 0 Å². The molecule has 4 heteroatoms. The zero-order chi connectivity index (χ0) is 7.56. The lowest BCUT2D eigenvalue weighted by atomic mass is 10.1.